The number of rotatable bonds is 5. The van der Waals surface area contributed by atoms with Crippen LogP contribution in [-0.4, -0.2) is 53.0 Å². The molecular formula is C24H25ClFN3O4. The number of hydrogen-bond donors (Lipinski definition) is 2. The van der Waals surface area contributed by atoms with E-state index in [9.17, 15) is 23.9 Å². The molecule has 2 aliphatic rings. The molecule has 1 atom stereocenters. The zero-order valence-corrected chi connectivity index (χ0v) is 18.8. The molecule has 0 aromatic heterocycles. The molecule has 0 spiro atoms. The van der Waals surface area contributed by atoms with Crippen molar-refractivity contribution in [3.63, 3.8) is 0 Å². The van der Waals surface area contributed by atoms with E-state index in [1.54, 1.807) is 29.2 Å². The highest BCUT2D eigenvalue weighted by Crippen LogP contribution is 2.30. The van der Waals surface area contributed by atoms with Crippen molar-refractivity contribution >= 4 is 35.0 Å². The van der Waals surface area contributed by atoms with E-state index in [1.165, 1.54) is 17.0 Å². The van der Waals surface area contributed by atoms with E-state index < -0.39 is 23.2 Å². The number of amides is 3. The Morgan fingerprint density at radius 2 is 1.85 bits per heavy atom. The Bertz CT molecular complexity index is 1070. The van der Waals surface area contributed by atoms with Crippen molar-refractivity contribution in [2.24, 2.45) is 0 Å². The van der Waals surface area contributed by atoms with Gasteiger partial charge in [-0.1, -0.05) is 17.7 Å². The molecule has 174 valence electrons. The van der Waals surface area contributed by atoms with E-state index >= 15 is 0 Å². The van der Waals surface area contributed by atoms with Gasteiger partial charge in [0.15, 0.2) is 0 Å². The van der Waals surface area contributed by atoms with E-state index in [0.29, 0.717) is 29.9 Å². The summed E-state index contributed by atoms with van der Waals surface area (Å²) >= 11 is 5.82. The number of carbonyl (C=O) groups is 3. The standard InChI is InChI=1S/C24H25ClFN3O4/c25-18-11-16(12-19(26)14-18)15-27-22(31)24(33)7-10-29(23(24)32)20-6-4-5-17(13-20)21(30)28-8-2-1-3-9-28/h4-6,11-14,33H,1-3,7-10,15H2,(H,27,31)/t24-/m0/s1. The second-order valence-electron chi connectivity index (χ2n) is 8.43. The van der Waals surface area contributed by atoms with Gasteiger partial charge in [0.05, 0.1) is 0 Å². The van der Waals surface area contributed by atoms with E-state index in [1.807, 2.05) is 0 Å². The third-order valence-electron chi connectivity index (χ3n) is 6.10. The molecule has 2 aromatic rings. The summed E-state index contributed by atoms with van der Waals surface area (Å²) in [6, 6.07) is 10.5. The van der Waals surface area contributed by atoms with Crippen LogP contribution in [0.15, 0.2) is 42.5 Å². The topological polar surface area (TPSA) is 90.0 Å². The highest BCUT2D eigenvalue weighted by Gasteiger charge is 2.51. The van der Waals surface area contributed by atoms with Crippen LogP contribution >= 0.6 is 11.6 Å². The van der Waals surface area contributed by atoms with Crippen molar-refractivity contribution < 1.29 is 23.9 Å². The number of halogens is 2. The maximum absolute atomic E-state index is 13.5. The van der Waals surface area contributed by atoms with Gasteiger partial charge in [0, 0.05) is 48.9 Å². The molecule has 0 bridgehead atoms. The zero-order valence-electron chi connectivity index (χ0n) is 18.0. The Kier molecular flexibility index (Phi) is 6.67. The molecule has 0 radical (unpaired) electrons. The molecule has 2 saturated heterocycles. The van der Waals surface area contributed by atoms with Crippen LogP contribution in [0.2, 0.25) is 5.02 Å². The van der Waals surface area contributed by atoms with Crippen LogP contribution in [0.1, 0.15) is 41.6 Å². The van der Waals surface area contributed by atoms with Gasteiger partial charge in [-0.15, -0.1) is 0 Å². The second-order valence-corrected chi connectivity index (χ2v) is 8.87. The van der Waals surface area contributed by atoms with Gasteiger partial charge in [-0.2, -0.15) is 0 Å². The van der Waals surface area contributed by atoms with Crippen molar-refractivity contribution in [3.8, 4) is 0 Å². The van der Waals surface area contributed by atoms with Gasteiger partial charge in [0.2, 0.25) is 5.60 Å². The van der Waals surface area contributed by atoms with Crippen molar-refractivity contribution in [1.29, 1.82) is 0 Å². The number of hydrogen-bond acceptors (Lipinski definition) is 4. The van der Waals surface area contributed by atoms with Gasteiger partial charge in [-0.3, -0.25) is 14.4 Å². The molecule has 0 saturated carbocycles. The first-order valence-corrected chi connectivity index (χ1v) is 11.3. The predicted octanol–water partition coefficient (Wildman–Crippen LogP) is 2.89. The summed E-state index contributed by atoms with van der Waals surface area (Å²) in [5, 5.41) is 13.5. The molecule has 3 amide bonds. The number of nitrogens with one attached hydrogen (secondary N) is 1. The lowest BCUT2D eigenvalue weighted by atomic mass is 10.0. The first-order valence-electron chi connectivity index (χ1n) is 10.9. The quantitative estimate of drug-likeness (QED) is 0.653. The van der Waals surface area contributed by atoms with Gasteiger partial charge >= 0.3 is 0 Å². The van der Waals surface area contributed by atoms with Gasteiger partial charge < -0.3 is 20.2 Å². The average Bonchev–Trinajstić information content (AvgIpc) is 3.12. The number of aliphatic hydroxyl groups is 1. The molecule has 2 aromatic carbocycles. The monoisotopic (exact) mass is 473 g/mol. The number of carbonyl (C=O) groups excluding carboxylic acids is 3. The minimum Gasteiger partial charge on any atom is -0.372 e. The van der Waals surface area contributed by atoms with E-state index in [2.05, 4.69) is 5.32 Å². The van der Waals surface area contributed by atoms with Gasteiger partial charge in [-0.25, -0.2) is 4.39 Å². The lowest BCUT2D eigenvalue weighted by Gasteiger charge is -2.27. The van der Waals surface area contributed by atoms with Crippen molar-refractivity contribution in [2.75, 3.05) is 24.5 Å². The smallest absolute Gasteiger partial charge is 0.268 e. The van der Waals surface area contributed by atoms with Crippen LogP contribution in [0.25, 0.3) is 0 Å². The van der Waals surface area contributed by atoms with Crippen LogP contribution < -0.4 is 10.2 Å². The molecule has 0 unspecified atom stereocenters. The predicted molar refractivity (Wildman–Crippen MR) is 121 cm³/mol. The molecule has 2 N–H and O–H groups in total. The third-order valence-corrected chi connectivity index (χ3v) is 6.31. The van der Waals surface area contributed by atoms with E-state index in [-0.39, 0.29) is 30.4 Å². The number of anilines is 1. The fraction of sp³-hybridized carbons (Fsp3) is 0.375. The van der Waals surface area contributed by atoms with Gasteiger partial charge in [0.25, 0.3) is 17.7 Å². The lowest BCUT2D eigenvalue weighted by Crippen LogP contribution is -2.52. The van der Waals surface area contributed by atoms with E-state index in [0.717, 1.165) is 25.3 Å². The molecule has 2 aliphatic heterocycles. The summed E-state index contributed by atoms with van der Waals surface area (Å²) in [6.07, 6.45) is 2.95. The van der Waals surface area contributed by atoms with Crippen molar-refractivity contribution in [3.05, 3.63) is 64.4 Å². The maximum atomic E-state index is 13.5. The Balaban J connectivity index is 1.45. The third kappa shape index (κ3) is 4.86. The van der Waals surface area contributed by atoms with Crippen molar-refractivity contribution in [1.82, 2.24) is 10.2 Å². The fourth-order valence-electron chi connectivity index (χ4n) is 4.29. The largest absolute Gasteiger partial charge is 0.372 e. The minimum atomic E-state index is -2.25. The molecule has 7 nitrogen and oxygen atoms in total. The highest BCUT2D eigenvalue weighted by atomic mass is 35.5. The summed E-state index contributed by atoms with van der Waals surface area (Å²) in [5.41, 5.74) is -0.930. The maximum Gasteiger partial charge on any atom is 0.268 e. The Morgan fingerprint density at radius 3 is 2.58 bits per heavy atom. The molecule has 2 fully saturated rings. The van der Waals surface area contributed by atoms with Gasteiger partial charge in [-0.05, 0) is 61.2 Å². The van der Waals surface area contributed by atoms with Crippen LogP contribution in [0, 0.1) is 5.82 Å². The van der Waals surface area contributed by atoms with Crippen LogP contribution in [0.5, 0.6) is 0 Å². The van der Waals surface area contributed by atoms with Crippen LogP contribution in [0.4, 0.5) is 10.1 Å². The summed E-state index contributed by atoms with van der Waals surface area (Å²) in [7, 11) is 0. The van der Waals surface area contributed by atoms with Crippen LogP contribution in [-0.2, 0) is 16.1 Å². The normalized spacial score (nSPS) is 20.8. The first kappa shape index (κ1) is 23.2. The average molecular weight is 474 g/mol. The number of benzene rings is 2. The summed E-state index contributed by atoms with van der Waals surface area (Å²) in [4.78, 5) is 41.6. The summed E-state index contributed by atoms with van der Waals surface area (Å²) in [5.74, 6) is -2.27. The number of nitrogens with zero attached hydrogens (tertiary/aromatic N) is 2. The minimum absolute atomic E-state index is 0.0915. The van der Waals surface area contributed by atoms with Crippen molar-refractivity contribution in [2.45, 2.75) is 37.8 Å². The molecule has 0 aliphatic carbocycles. The molecule has 9 heteroatoms. The molecule has 2 heterocycles. The summed E-state index contributed by atoms with van der Waals surface area (Å²) in [6.45, 7) is 1.45. The molecule has 33 heavy (non-hydrogen) atoms. The highest BCUT2D eigenvalue weighted by molar-refractivity contribution is 6.30. The lowest BCUT2D eigenvalue weighted by molar-refractivity contribution is -0.149. The summed E-state index contributed by atoms with van der Waals surface area (Å²) < 4.78 is 13.5. The SMILES string of the molecule is O=C(c1cccc(N2CC[C@](O)(C(=O)NCc3cc(F)cc(Cl)c3)C2=O)c1)N1CCCCC1. The zero-order chi connectivity index (χ0) is 23.6. The van der Waals surface area contributed by atoms with E-state index in [4.69, 9.17) is 11.6 Å². The Morgan fingerprint density at radius 1 is 1.09 bits per heavy atom. The van der Waals surface area contributed by atoms with Gasteiger partial charge in [0.1, 0.15) is 5.82 Å². The fourth-order valence-corrected chi connectivity index (χ4v) is 4.53. The Labute approximate surface area is 196 Å². The van der Waals surface area contributed by atoms with Crippen LogP contribution in [0.3, 0.4) is 0 Å². The molecule has 4 rings (SSSR count). The number of piperidine rings is 1. The molecular weight excluding hydrogens is 449 g/mol. The Hall–Kier alpha value is -2.97. The first-order chi connectivity index (χ1) is 15.8. The second kappa shape index (κ2) is 9.49. The number of likely N-dealkylation sites (tertiary alicyclic amines) is 1.